The van der Waals surface area contributed by atoms with Gasteiger partial charge in [0.05, 0.1) is 10.4 Å². The number of rotatable bonds is 0. The Morgan fingerprint density at radius 3 is 2.44 bits per heavy atom. The van der Waals surface area contributed by atoms with E-state index in [4.69, 9.17) is 16.3 Å². The molecule has 1 spiro atoms. The number of fused-ring (bicyclic) bond motifs is 6. The van der Waals surface area contributed by atoms with Gasteiger partial charge in [-0.2, -0.15) is 0 Å². The van der Waals surface area contributed by atoms with E-state index in [0.717, 1.165) is 44.9 Å². The molecule has 9 atom stereocenters. The van der Waals surface area contributed by atoms with Crippen molar-refractivity contribution in [3.63, 3.8) is 0 Å². The van der Waals surface area contributed by atoms with Crippen LogP contribution in [0.2, 0.25) is 0 Å². The van der Waals surface area contributed by atoms with Crippen molar-refractivity contribution in [2.75, 3.05) is 0 Å². The van der Waals surface area contributed by atoms with Gasteiger partial charge in [0.15, 0.2) is 0 Å². The summed E-state index contributed by atoms with van der Waals surface area (Å²) in [5, 5.41) is 10.4. The highest BCUT2D eigenvalue weighted by Gasteiger charge is 2.70. The van der Waals surface area contributed by atoms with Crippen molar-refractivity contribution in [1.82, 2.24) is 0 Å². The predicted octanol–water partition coefficient (Wildman–Crippen LogP) is 5.20. The maximum atomic E-state index is 12.0. The molecular formula is C22H32BrClO3. The summed E-state index contributed by atoms with van der Waals surface area (Å²) >= 11 is 11.2. The average molecular weight is 460 g/mol. The van der Waals surface area contributed by atoms with Crippen LogP contribution in [0.3, 0.4) is 0 Å². The fourth-order valence-corrected chi connectivity index (χ4v) is 10.1. The van der Waals surface area contributed by atoms with Crippen molar-refractivity contribution in [3.8, 4) is 0 Å². The number of halogens is 2. The molecule has 0 bridgehead atoms. The van der Waals surface area contributed by atoms with Crippen LogP contribution in [0.4, 0.5) is 0 Å². The summed E-state index contributed by atoms with van der Waals surface area (Å²) in [5.41, 5.74) is 0.0208. The van der Waals surface area contributed by atoms with Crippen LogP contribution in [-0.4, -0.2) is 32.5 Å². The molecule has 5 fully saturated rings. The van der Waals surface area contributed by atoms with Crippen LogP contribution in [0.1, 0.15) is 78.1 Å². The van der Waals surface area contributed by atoms with E-state index in [9.17, 15) is 9.90 Å². The Hall–Kier alpha value is 0.200. The monoisotopic (exact) mass is 458 g/mol. The minimum absolute atomic E-state index is 0.00516. The Kier molecular flexibility index (Phi) is 4.18. The van der Waals surface area contributed by atoms with Crippen molar-refractivity contribution in [2.45, 2.75) is 99.5 Å². The van der Waals surface area contributed by atoms with Crippen LogP contribution >= 0.6 is 27.5 Å². The van der Waals surface area contributed by atoms with E-state index >= 15 is 0 Å². The highest BCUT2D eigenvalue weighted by atomic mass is 79.9. The van der Waals surface area contributed by atoms with Crippen LogP contribution in [0.25, 0.3) is 0 Å². The molecule has 152 valence electrons. The molecule has 0 aromatic heterocycles. The molecule has 1 aliphatic heterocycles. The molecule has 0 radical (unpaired) electrons. The van der Waals surface area contributed by atoms with Gasteiger partial charge in [-0.15, -0.1) is 11.6 Å². The topological polar surface area (TPSA) is 46.5 Å². The Morgan fingerprint density at radius 2 is 1.74 bits per heavy atom. The van der Waals surface area contributed by atoms with Gasteiger partial charge in [-0.25, -0.2) is 0 Å². The van der Waals surface area contributed by atoms with Crippen molar-refractivity contribution in [2.24, 2.45) is 28.6 Å². The first kappa shape index (κ1) is 19.2. The summed E-state index contributed by atoms with van der Waals surface area (Å²) in [5.74, 6) is 1.86. The summed E-state index contributed by atoms with van der Waals surface area (Å²) in [4.78, 5) is 12.0. The van der Waals surface area contributed by atoms with Gasteiger partial charge in [-0.3, -0.25) is 4.79 Å². The quantitative estimate of drug-likeness (QED) is 0.400. The molecule has 5 heteroatoms. The molecule has 3 nitrogen and oxygen atoms in total. The van der Waals surface area contributed by atoms with E-state index in [1.807, 2.05) is 0 Å². The first-order chi connectivity index (χ1) is 12.7. The summed E-state index contributed by atoms with van der Waals surface area (Å²) in [6, 6.07) is 0. The Balaban J connectivity index is 1.50. The predicted molar refractivity (Wildman–Crippen MR) is 109 cm³/mol. The van der Waals surface area contributed by atoms with Crippen molar-refractivity contribution in [3.05, 3.63) is 0 Å². The van der Waals surface area contributed by atoms with Crippen LogP contribution in [0, 0.1) is 28.6 Å². The van der Waals surface area contributed by atoms with E-state index in [1.54, 1.807) is 0 Å². The van der Waals surface area contributed by atoms with Gasteiger partial charge >= 0.3 is 5.97 Å². The highest BCUT2D eigenvalue weighted by Crippen LogP contribution is 2.72. The van der Waals surface area contributed by atoms with E-state index < -0.39 is 0 Å². The van der Waals surface area contributed by atoms with Crippen molar-refractivity contribution in [1.29, 1.82) is 0 Å². The van der Waals surface area contributed by atoms with Crippen molar-refractivity contribution < 1.29 is 14.6 Å². The normalized spacial score (nSPS) is 59.9. The molecule has 1 N–H and O–H groups in total. The maximum absolute atomic E-state index is 12.0. The molecule has 1 heterocycles. The molecule has 0 unspecified atom stereocenters. The minimum Gasteiger partial charge on any atom is -0.458 e. The summed E-state index contributed by atoms with van der Waals surface area (Å²) in [7, 11) is 0. The summed E-state index contributed by atoms with van der Waals surface area (Å²) in [6.45, 7) is 4.84. The fraction of sp³-hybridized carbons (Fsp3) is 0.955. The zero-order valence-electron chi connectivity index (χ0n) is 16.5. The van der Waals surface area contributed by atoms with Crippen LogP contribution in [-0.2, 0) is 9.53 Å². The molecule has 4 saturated carbocycles. The third kappa shape index (κ3) is 2.27. The van der Waals surface area contributed by atoms with Gasteiger partial charge < -0.3 is 9.84 Å². The Morgan fingerprint density at radius 1 is 1.07 bits per heavy atom. The molecular weight excluding hydrogens is 428 g/mol. The number of aliphatic hydroxyl groups is 1. The SMILES string of the molecule is C[C@]12CC[C@H]3[C@@H](C[C@@H](Cl)[C@@]4(Br)C[C@@H](O)CC[C@]34C)[C@@H]1CC[C@@]21CCC(=O)O1. The lowest BCUT2D eigenvalue weighted by Crippen LogP contribution is -2.65. The molecule has 1 saturated heterocycles. The zero-order chi connectivity index (χ0) is 19.2. The third-order valence-electron chi connectivity index (χ3n) is 10.0. The van der Waals surface area contributed by atoms with Crippen LogP contribution < -0.4 is 0 Å². The number of carbonyl (C=O) groups is 1. The number of esters is 1. The second kappa shape index (κ2) is 5.88. The number of hydrogen-bond donors (Lipinski definition) is 1. The largest absolute Gasteiger partial charge is 0.458 e. The van der Waals surface area contributed by atoms with E-state index in [-0.39, 0.29) is 38.2 Å². The smallest absolute Gasteiger partial charge is 0.306 e. The molecule has 27 heavy (non-hydrogen) atoms. The number of hydrogen-bond acceptors (Lipinski definition) is 3. The zero-order valence-corrected chi connectivity index (χ0v) is 18.8. The van der Waals surface area contributed by atoms with E-state index in [1.165, 1.54) is 12.8 Å². The number of carbonyl (C=O) groups excluding carboxylic acids is 1. The molecule has 0 aromatic carbocycles. The van der Waals surface area contributed by atoms with E-state index in [2.05, 4.69) is 29.8 Å². The van der Waals surface area contributed by atoms with Gasteiger partial charge in [0, 0.05) is 17.2 Å². The lowest BCUT2D eigenvalue weighted by molar-refractivity contribution is -0.173. The van der Waals surface area contributed by atoms with Gasteiger partial charge in [0.2, 0.25) is 0 Å². The lowest BCUT2D eigenvalue weighted by Gasteiger charge is -2.65. The highest BCUT2D eigenvalue weighted by molar-refractivity contribution is 9.10. The van der Waals surface area contributed by atoms with Crippen molar-refractivity contribution >= 4 is 33.5 Å². The fourth-order valence-electron chi connectivity index (χ4n) is 8.46. The van der Waals surface area contributed by atoms with E-state index in [0.29, 0.717) is 24.2 Å². The number of alkyl halides is 2. The van der Waals surface area contributed by atoms with Crippen LogP contribution in [0.15, 0.2) is 0 Å². The molecule has 0 aromatic rings. The Labute approximate surface area is 176 Å². The first-order valence-electron chi connectivity index (χ1n) is 10.9. The Bertz CT molecular complexity index is 672. The van der Waals surface area contributed by atoms with Gasteiger partial charge in [-0.1, -0.05) is 29.8 Å². The minimum atomic E-state index is -0.239. The molecule has 5 aliphatic rings. The molecule has 4 aliphatic carbocycles. The molecule has 0 amide bonds. The average Bonchev–Trinajstić information content (AvgIpc) is 3.12. The second-order valence-corrected chi connectivity index (χ2v) is 12.7. The van der Waals surface area contributed by atoms with Crippen LogP contribution in [0.5, 0.6) is 0 Å². The lowest BCUT2D eigenvalue weighted by atomic mass is 9.44. The maximum Gasteiger partial charge on any atom is 0.306 e. The van der Waals surface area contributed by atoms with Gasteiger partial charge in [0.25, 0.3) is 0 Å². The summed E-state index contributed by atoms with van der Waals surface area (Å²) < 4.78 is 5.88. The standard InChI is InChI=1S/C22H32BrClO3/c1-19-8-4-16-14(15(19)5-9-21(19)10-6-18(26)27-21)11-17(24)22(23)12-13(25)3-7-20(16,22)2/h13-17,25H,3-12H2,1-2H3/t13-,14-,15-,16-,17+,19-,20+,21+,22-/m0/s1. The van der Waals surface area contributed by atoms with Gasteiger partial charge in [-0.05, 0) is 81.0 Å². The second-order valence-electron chi connectivity index (χ2n) is 10.7. The summed E-state index contributed by atoms with van der Waals surface area (Å²) in [6.07, 6.45) is 9.54. The third-order valence-corrected chi connectivity index (χ3v) is 12.6. The number of ether oxygens (including phenoxy) is 1. The number of aliphatic hydroxyl groups excluding tert-OH is 1. The molecule has 5 rings (SSSR count). The van der Waals surface area contributed by atoms with Gasteiger partial charge in [0.1, 0.15) is 5.60 Å². The first-order valence-corrected chi connectivity index (χ1v) is 12.1.